The van der Waals surface area contributed by atoms with Gasteiger partial charge in [0, 0.05) is 5.92 Å². The van der Waals surface area contributed by atoms with Crippen molar-refractivity contribution in [2.45, 2.75) is 86.0 Å². The van der Waals surface area contributed by atoms with E-state index >= 15 is 0 Å². The van der Waals surface area contributed by atoms with Crippen LogP contribution in [0.2, 0.25) is 0 Å². The molecule has 1 heteroatoms. The number of carbonyl (C=O) groups is 1. The first kappa shape index (κ1) is 17.1. The summed E-state index contributed by atoms with van der Waals surface area (Å²) >= 11 is 0. The van der Waals surface area contributed by atoms with Gasteiger partial charge in [-0.05, 0) is 98.2 Å². The van der Waals surface area contributed by atoms with Crippen molar-refractivity contribution in [1.29, 1.82) is 0 Å². The third-order valence-corrected chi connectivity index (χ3v) is 9.78. The summed E-state index contributed by atoms with van der Waals surface area (Å²) in [6.07, 6.45) is 11.0. The Labute approximate surface area is 149 Å². The van der Waals surface area contributed by atoms with Crippen LogP contribution in [0.4, 0.5) is 0 Å². The fraction of sp³-hybridized carbons (Fsp3) is 0.957. The molecule has 0 N–H and O–H groups in total. The van der Waals surface area contributed by atoms with Gasteiger partial charge in [-0.3, -0.25) is 4.79 Å². The standard InChI is InChI=1S/C23H38O/c1-14-8-10-22(4)17(12-14)13-15(2)21-19-7-6-18(16(3)24)23(19,5)11-9-20(21)22/h14-15,17-21H,6-13H2,1-5H3. The fourth-order valence-corrected chi connectivity index (χ4v) is 8.52. The summed E-state index contributed by atoms with van der Waals surface area (Å²) in [7, 11) is 0. The Morgan fingerprint density at radius 3 is 2.25 bits per heavy atom. The lowest BCUT2D eigenvalue weighted by atomic mass is 9.42. The molecule has 0 aromatic heterocycles. The maximum absolute atomic E-state index is 12.3. The van der Waals surface area contributed by atoms with Gasteiger partial charge in [-0.1, -0.05) is 34.1 Å². The Balaban J connectivity index is 1.66. The highest BCUT2D eigenvalue weighted by atomic mass is 16.1. The van der Waals surface area contributed by atoms with Crippen LogP contribution in [0.1, 0.15) is 86.0 Å². The Kier molecular flexibility index (Phi) is 3.98. The molecule has 0 aliphatic heterocycles. The molecule has 9 atom stereocenters. The molecule has 0 heterocycles. The average molecular weight is 331 g/mol. The summed E-state index contributed by atoms with van der Waals surface area (Å²) < 4.78 is 0. The zero-order chi connectivity index (χ0) is 17.3. The van der Waals surface area contributed by atoms with Gasteiger partial charge in [0.1, 0.15) is 5.78 Å². The van der Waals surface area contributed by atoms with Crippen LogP contribution in [0.3, 0.4) is 0 Å². The van der Waals surface area contributed by atoms with E-state index < -0.39 is 0 Å². The van der Waals surface area contributed by atoms with Crippen molar-refractivity contribution in [3.8, 4) is 0 Å². The molecule has 4 rings (SSSR count). The highest BCUT2D eigenvalue weighted by molar-refractivity contribution is 5.79. The molecule has 4 aliphatic rings. The molecule has 0 radical (unpaired) electrons. The summed E-state index contributed by atoms with van der Waals surface area (Å²) in [5.74, 6) is 6.24. The Morgan fingerprint density at radius 1 is 0.875 bits per heavy atom. The molecule has 4 fully saturated rings. The van der Waals surface area contributed by atoms with Crippen molar-refractivity contribution in [3.05, 3.63) is 0 Å². The second-order valence-electron chi connectivity index (χ2n) is 10.9. The van der Waals surface area contributed by atoms with Gasteiger partial charge in [-0.2, -0.15) is 0 Å². The molecule has 136 valence electrons. The SMILES string of the molecule is CC(=O)C1CCC2C3C(C)CC4CC(C)CCC4(C)C3CCC12C. The number of Topliss-reactive ketones (excluding diaryl/α,β-unsaturated/α-hetero) is 1. The van der Waals surface area contributed by atoms with Crippen molar-refractivity contribution in [3.63, 3.8) is 0 Å². The van der Waals surface area contributed by atoms with E-state index in [0.29, 0.717) is 22.5 Å². The van der Waals surface area contributed by atoms with Crippen LogP contribution in [-0.4, -0.2) is 5.78 Å². The van der Waals surface area contributed by atoms with Crippen molar-refractivity contribution in [2.75, 3.05) is 0 Å². The van der Waals surface area contributed by atoms with Gasteiger partial charge in [0.05, 0.1) is 0 Å². The topological polar surface area (TPSA) is 17.1 Å². The fourth-order valence-electron chi connectivity index (χ4n) is 8.52. The highest BCUT2D eigenvalue weighted by Crippen LogP contribution is 2.68. The van der Waals surface area contributed by atoms with Crippen LogP contribution < -0.4 is 0 Å². The van der Waals surface area contributed by atoms with Gasteiger partial charge < -0.3 is 0 Å². The number of ketones is 1. The molecule has 1 nitrogen and oxygen atoms in total. The maximum Gasteiger partial charge on any atom is 0.133 e. The van der Waals surface area contributed by atoms with Crippen LogP contribution in [-0.2, 0) is 4.79 Å². The monoisotopic (exact) mass is 330 g/mol. The van der Waals surface area contributed by atoms with Crippen LogP contribution >= 0.6 is 0 Å². The molecular formula is C23H38O. The van der Waals surface area contributed by atoms with Gasteiger partial charge in [-0.15, -0.1) is 0 Å². The summed E-state index contributed by atoms with van der Waals surface area (Å²) in [5.41, 5.74) is 0.908. The quantitative estimate of drug-likeness (QED) is 0.566. The van der Waals surface area contributed by atoms with Crippen molar-refractivity contribution in [2.24, 2.45) is 52.3 Å². The summed E-state index contributed by atoms with van der Waals surface area (Å²) in [5, 5.41) is 0. The lowest BCUT2D eigenvalue weighted by Gasteiger charge is -2.63. The summed E-state index contributed by atoms with van der Waals surface area (Å²) in [6, 6.07) is 0. The van der Waals surface area contributed by atoms with E-state index in [0.717, 1.165) is 35.5 Å². The van der Waals surface area contributed by atoms with Crippen molar-refractivity contribution in [1.82, 2.24) is 0 Å². The molecule has 4 saturated carbocycles. The van der Waals surface area contributed by atoms with Crippen molar-refractivity contribution >= 4 is 5.78 Å². The lowest BCUT2D eigenvalue weighted by molar-refractivity contribution is -0.146. The molecular weight excluding hydrogens is 292 g/mol. The summed E-state index contributed by atoms with van der Waals surface area (Å²) in [6.45, 7) is 12.0. The normalized spacial score (nSPS) is 57.0. The molecule has 0 aromatic rings. The van der Waals surface area contributed by atoms with E-state index in [1.807, 2.05) is 6.92 Å². The minimum atomic E-state index is 0.312. The first-order valence-corrected chi connectivity index (χ1v) is 10.8. The second-order valence-corrected chi connectivity index (χ2v) is 10.9. The van der Waals surface area contributed by atoms with Gasteiger partial charge in [0.15, 0.2) is 0 Å². The number of hydrogen-bond donors (Lipinski definition) is 0. The van der Waals surface area contributed by atoms with E-state index in [1.54, 1.807) is 0 Å². The second kappa shape index (κ2) is 5.58. The third-order valence-electron chi connectivity index (χ3n) is 9.78. The molecule has 9 unspecified atom stereocenters. The van der Waals surface area contributed by atoms with E-state index in [4.69, 9.17) is 0 Å². The van der Waals surface area contributed by atoms with Gasteiger partial charge in [0.25, 0.3) is 0 Å². The molecule has 0 bridgehead atoms. The van der Waals surface area contributed by atoms with Gasteiger partial charge in [0.2, 0.25) is 0 Å². The molecule has 4 aliphatic carbocycles. The molecule has 0 saturated heterocycles. The minimum absolute atomic E-state index is 0.312. The van der Waals surface area contributed by atoms with E-state index in [1.165, 1.54) is 51.4 Å². The van der Waals surface area contributed by atoms with E-state index in [2.05, 4.69) is 27.7 Å². The van der Waals surface area contributed by atoms with Crippen molar-refractivity contribution < 1.29 is 4.79 Å². The van der Waals surface area contributed by atoms with Crippen LogP contribution in [0.5, 0.6) is 0 Å². The van der Waals surface area contributed by atoms with Crippen LogP contribution in [0, 0.1) is 52.3 Å². The van der Waals surface area contributed by atoms with Crippen LogP contribution in [0.15, 0.2) is 0 Å². The summed E-state index contributed by atoms with van der Waals surface area (Å²) in [4.78, 5) is 12.3. The molecule has 0 aromatic carbocycles. The number of fused-ring (bicyclic) bond motifs is 5. The van der Waals surface area contributed by atoms with Crippen LogP contribution in [0.25, 0.3) is 0 Å². The predicted molar refractivity (Wildman–Crippen MR) is 99.6 cm³/mol. The smallest absolute Gasteiger partial charge is 0.133 e. The van der Waals surface area contributed by atoms with Gasteiger partial charge in [-0.25, -0.2) is 0 Å². The third kappa shape index (κ3) is 2.21. The average Bonchev–Trinajstić information content (AvgIpc) is 2.86. The maximum atomic E-state index is 12.3. The highest BCUT2D eigenvalue weighted by Gasteiger charge is 2.62. The zero-order valence-electron chi connectivity index (χ0n) is 16.6. The Morgan fingerprint density at radius 2 is 1.54 bits per heavy atom. The lowest BCUT2D eigenvalue weighted by Crippen LogP contribution is -2.56. The number of carbonyl (C=O) groups excluding carboxylic acids is 1. The predicted octanol–water partition coefficient (Wildman–Crippen LogP) is 6.12. The number of hydrogen-bond acceptors (Lipinski definition) is 1. The van der Waals surface area contributed by atoms with Gasteiger partial charge >= 0.3 is 0 Å². The Bertz CT molecular complexity index is 524. The largest absolute Gasteiger partial charge is 0.300 e. The minimum Gasteiger partial charge on any atom is -0.300 e. The molecule has 0 spiro atoms. The van der Waals surface area contributed by atoms with E-state index in [9.17, 15) is 4.79 Å². The number of rotatable bonds is 1. The first-order valence-electron chi connectivity index (χ1n) is 10.8. The Hall–Kier alpha value is -0.330. The molecule has 24 heavy (non-hydrogen) atoms. The van der Waals surface area contributed by atoms with E-state index in [-0.39, 0.29) is 0 Å². The first-order chi connectivity index (χ1) is 11.3. The molecule has 0 amide bonds. The zero-order valence-corrected chi connectivity index (χ0v) is 16.6.